The monoisotopic (exact) mass is 319 g/mol. The molecule has 82 valence electrons. The second-order valence-corrected chi connectivity index (χ2v) is 4.70. The Balaban J connectivity index is 0. The van der Waals surface area contributed by atoms with Crippen LogP contribution in [0.15, 0.2) is 12.2 Å². The molecule has 0 aromatic heterocycles. The number of nitrogens with two attached hydrogens (primary N) is 1. The first-order chi connectivity index (χ1) is 5.99. The van der Waals surface area contributed by atoms with Gasteiger partial charge in [-0.2, -0.15) is 0 Å². The number of esters is 1. The standard InChI is InChI=1S/C7H13NO2.2ClH.Pd/c1-5(2)4-6(8)7(9)10-3;;;/h6H,1,4,8H2,2-3H3;2*1H;/q;;;+2/p-2. The molecular formula is C7H13Cl2NO2Pd. The van der Waals surface area contributed by atoms with Crippen LogP contribution in [0, 0.1) is 0 Å². The molecule has 1 unspecified atom stereocenters. The fraction of sp³-hybridized carbons (Fsp3) is 0.571. The summed E-state index contributed by atoms with van der Waals surface area (Å²) in [7, 11) is 10.9. The summed E-state index contributed by atoms with van der Waals surface area (Å²) in [6, 6.07) is -0.553. The number of methoxy groups -OCH3 is 1. The Labute approximate surface area is 94.7 Å². The number of carbonyl (C=O) groups is 1. The molecule has 0 heterocycles. The van der Waals surface area contributed by atoms with Crippen LogP contribution in [-0.4, -0.2) is 19.1 Å². The molecule has 0 spiro atoms. The molecule has 0 rings (SSSR count). The van der Waals surface area contributed by atoms with Crippen molar-refractivity contribution in [1.29, 1.82) is 0 Å². The first-order valence-corrected chi connectivity index (χ1v) is 7.30. The summed E-state index contributed by atoms with van der Waals surface area (Å²) >= 11 is -0.106. The van der Waals surface area contributed by atoms with Gasteiger partial charge in [-0.05, 0) is 13.3 Å². The van der Waals surface area contributed by atoms with Crippen LogP contribution in [0.4, 0.5) is 0 Å². The van der Waals surface area contributed by atoms with Crippen molar-refractivity contribution in [2.45, 2.75) is 19.4 Å². The van der Waals surface area contributed by atoms with Crippen molar-refractivity contribution >= 4 is 25.0 Å². The molecule has 0 aliphatic carbocycles. The van der Waals surface area contributed by atoms with Gasteiger partial charge in [0.05, 0.1) is 7.11 Å². The zero-order valence-corrected chi connectivity index (χ0v) is 10.5. The van der Waals surface area contributed by atoms with Crippen LogP contribution < -0.4 is 5.73 Å². The van der Waals surface area contributed by atoms with Crippen LogP contribution in [0.2, 0.25) is 0 Å². The summed E-state index contributed by atoms with van der Waals surface area (Å²) in [5, 5.41) is 0. The van der Waals surface area contributed by atoms with E-state index in [4.69, 9.17) is 24.8 Å². The van der Waals surface area contributed by atoms with Crippen molar-refractivity contribution in [3.8, 4) is 0 Å². The second-order valence-electron chi connectivity index (χ2n) is 2.34. The zero-order valence-electron chi connectivity index (χ0n) is 7.46. The molecule has 0 amide bonds. The molecule has 0 bridgehead atoms. The maximum atomic E-state index is 10.7. The maximum absolute atomic E-state index is 10.7. The Bertz CT molecular complexity index is 167. The molecule has 6 heteroatoms. The molecule has 0 fully saturated rings. The number of hydrogen-bond donors (Lipinski definition) is 1. The molecule has 0 saturated carbocycles. The topological polar surface area (TPSA) is 52.3 Å². The van der Waals surface area contributed by atoms with E-state index in [1.54, 1.807) is 0 Å². The van der Waals surface area contributed by atoms with Crippen LogP contribution in [-0.2, 0) is 25.5 Å². The Hall–Kier alpha value is 0.412. The van der Waals surface area contributed by atoms with Gasteiger partial charge in [0.1, 0.15) is 6.04 Å². The van der Waals surface area contributed by atoms with Crippen molar-refractivity contribution in [2.24, 2.45) is 5.73 Å². The van der Waals surface area contributed by atoms with Gasteiger partial charge in [0.25, 0.3) is 0 Å². The van der Waals surface area contributed by atoms with Crippen molar-refractivity contribution in [3.05, 3.63) is 12.2 Å². The third-order valence-electron chi connectivity index (χ3n) is 1.07. The first kappa shape index (κ1) is 15.9. The Morgan fingerprint density at radius 2 is 2.08 bits per heavy atom. The second kappa shape index (κ2) is 10.5. The fourth-order valence-electron chi connectivity index (χ4n) is 0.610. The van der Waals surface area contributed by atoms with E-state index in [-0.39, 0.29) is 21.9 Å². The van der Waals surface area contributed by atoms with Gasteiger partial charge in [0.15, 0.2) is 0 Å². The molecule has 0 saturated heterocycles. The summed E-state index contributed by atoms with van der Waals surface area (Å²) in [5.41, 5.74) is 6.28. The molecular weight excluding hydrogens is 307 g/mol. The summed E-state index contributed by atoms with van der Waals surface area (Å²) in [5.74, 6) is -0.386. The van der Waals surface area contributed by atoms with E-state index in [1.165, 1.54) is 7.11 Å². The summed E-state index contributed by atoms with van der Waals surface area (Å²) in [6.07, 6.45) is 0.493. The Kier molecular flexibility index (Phi) is 12.8. The minimum absolute atomic E-state index is 0.106. The molecule has 0 aromatic carbocycles. The van der Waals surface area contributed by atoms with E-state index in [0.717, 1.165) is 5.57 Å². The van der Waals surface area contributed by atoms with Crippen LogP contribution in [0.1, 0.15) is 13.3 Å². The summed E-state index contributed by atoms with van der Waals surface area (Å²) < 4.78 is 4.41. The number of ether oxygens (including phenoxy) is 1. The van der Waals surface area contributed by atoms with Crippen LogP contribution in [0.5, 0.6) is 0 Å². The molecule has 1 atom stereocenters. The zero-order chi connectivity index (χ0) is 10.9. The van der Waals surface area contributed by atoms with Gasteiger partial charge in [-0.3, -0.25) is 4.79 Å². The van der Waals surface area contributed by atoms with Crippen molar-refractivity contribution in [3.63, 3.8) is 0 Å². The van der Waals surface area contributed by atoms with Crippen molar-refractivity contribution < 1.29 is 25.5 Å². The van der Waals surface area contributed by atoms with E-state index in [1.807, 2.05) is 6.92 Å². The number of halogens is 2. The third-order valence-corrected chi connectivity index (χ3v) is 1.07. The molecule has 0 aromatic rings. The molecule has 13 heavy (non-hydrogen) atoms. The predicted molar refractivity (Wildman–Crippen MR) is 51.1 cm³/mol. The van der Waals surface area contributed by atoms with Crippen molar-refractivity contribution in [2.75, 3.05) is 7.11 Å². The van der Waals surface area contributed by atoms with Gasteiger partial charge in [-0.15, -0.1) is 6.58 Å². The van der Waals surface area contributed by atoms with Gasteiger partial charge in [-0.25, -0.2) is 0 Å². The van der Waals surface area contributed by atoms with E-state index in [0.29, 0.717) is 6.42 Å². The average Bonchev–Trinajstić information content (AvgIpc) is 2.03. The van der Waals surface area contributed by atoms with Crippen molar-refractivity contribution in [1.82, 2.24) is 0 Å². The first-order valence-electron chi connectivity index (χ1n) is 3.29. The van der Waals surface area contributed by atoms with E-state index in [2.05, 4.69) is 11.3 Å². The van der Waals surface area contributed by atoms with Crippen LogP contribution in [0.25, 0.3) is 0 Å². The number of hydrogen-bond acceptors (Lipinski definition) is 3. The Morgan fingerprint density at radius 3 is 2.31 bits per heavy atom. The summed E-state index contributed by atoms with van der Waals surface area (Å²) in [4.78, 5) is 10.7. The molecule has 0 aliphatic heterocycles. The predicted octanol–water partition coefficient (Wildman–Crippen LogP) is 1.83. The van der Waals surface area contributed by atoms with Gasteiger partial charge < -0.3 is 10.5 Å². The van der Waals surface area contributed by atoms with Gasteiger partial charge in [0.2, 0.25) is 0 Å². The summed E-state index contributed by atoms with van der Waals surface area (Å²) in [6.45, 7) is 5.45. The fourth-order valence-corrected chi connectivity index (χ4v) is 0.610. The number of rotatable bonds is 3. The Morgan fingerprint density at radius 1 is 1.69 bits per heavy atom. The van der Waals surface area contributed by atoms with Crippen LogP contribution >= 0.6 is 19.1 Å². The van der Waals surface area contributed by atoms with Gasteiger partial charge in [0, 0.05) is 0 Å². The average molecular weight is 321 g/mol. The SMILES string of the molecule is C=C(C)CC(N)C(=O)OC.[Cl][Pd][Cl]. The number of carbonyl (C=O) groups excluding carboxylic acids is 1. The quantitative estimate of drug-likeness (QED) is 0.490. The van der Waals surface area contributed by atoms with Crippen LogP contribution in [0.3, 0.4) is 0 Å². The molecule has 0 aliphatic rings. The van der Waals surface area contributed by atoms with E-state index < -0.39 is 6.04 Å². The third kappa shape index (κ3) is 12.4. The normalized spacial score (nSPS) is 11.2. The molecule has 0 radical (unpaired) electrons. The van der Waals surface area contributed by atoms with Gasteiger partial charge >= 0.3 is 41.0 Å². The molecule has 2 N–H and O–H groups in total. The van der Waals surface area contributed by atoms with E-state index >= 15 is 0 Å². The van der Waals surface area contributed by atoms with Gasteiger partial charge in [-0.1, -0.05) is 5.57 Å². The molecule has 3 nitrogen and oxygen atoms in total. The van der Waals surface area contributed by atoms with E-state index in [9.17, 15) is 4.79 Å². The minimum atomic E-state index is -0.553.